The molecular weight excluding hydrogens is 615 g/mol. The number of benzene rings is 7. The van der Waals surface area contributed by atoms with Crippen molar-refractivity contribution >= 4 is 61.8 Å². The first-order valence-electron chi connectivity index (χ1n) is 21.1. The van der Waals surface area contributed by atoms with Gasteiger partial charge in [0, 0.05) is 33.3 Å². The summed E-state index contributed by atoms with van der Waals surface area (Å²) in [6, 6.07) is 23.0. The van der Waals surface area contributed by atoms with E-state index < -0.39 is 94.6 Å². The molecule has 0 atom stereocenters. The second-order valence-electron chi connectivity index (χ2n) is 11.3. The Labute approximate surface area is 303 Å². The summed E-state index contributed by atoms with van der Waals surface area (Å²) in [4.78, 5) is 9.34. The minimum atomic E-state index is -0.713. The zero-order valence-corrected chi connectivity index (χ0v) is 26.0. The number of aliphatic imine (C=N–C) groups is 2. The Bertz CT molecular complexity index is 3370. The molecule has 1 N–H and O–H groups in total. The molecule has 5 nitrogen and oxygen atoms in total. The molecule has 0 unspecified atom stereocenters. The molecule has 0 fully saturated rings. The van der Waals surface area contributed by atoms with Crippen molar-refractivity contribution in [3.05, 3.63) is 180 Å². The molecule has 9 rings (SSSR count). The minimum Gasteiger partial charge on any atom is -0.456 e. The van der Waals surface area contributed by atoms with E-state index in [1.54, 1.807) is 18.3 Å². The number of fused-ring (bicyclic) bond motifs is 6. The predicted molar refractivity (Wildman–Crippen MR) is 206 cm³/mol. The number of nitrogens with one attached hydrogen (secondary N) is 1. The van der Waals surface area contributed by atoms with Crippen LogP contribution < -0.4 is 0 Å². The van der Waals surface area contributed by atoms with Crippen molar-refractivity contribution in [2.45, 2.75) is 0 Å². The highest BCUT2D eigenvalue weighted by Gasteiger charge is 2.17. The van der Waals surface area contributed by atoms with Crippen LogP contribution in [0.2, 0.25) is 0 Å². The van der Waals surface area contributed by atoms with Crippen LogP contribution in [0, 0.1) is 5.41 Å². The van der Waals surface area contributed by atoms with E-state index >= 15 is 0 Å². The summed E-state index contributed by atoms with van der Waals surface area (Å²) in [5, 5.41) is 10.4. The number of hydrogen-bond acceptors (Lipinski definition) is 3. The Morgan fingerprint density at radius 2 is 1.38 bits per heavy atom. The van der Waals surface area contributed by atoms with Crippen LogP contribution in [0.1, 0.15) is 31.8 Å². The fraction of sp³-hybridized carbons (Fsp3) is 0. The molecule has 0 bridgehead atoms. The van der Waals surface area contributed by atoms with Crippen molar-refractivity contribution in [3.63, 3.8) is 0 Å². The molecule has 0 aliphatic carbocycles. The van der Waals surface area contributed by atoms with Gasteiger partial charge in [-0.3, -0.25) is 5.41 Å². The maximum atomic E-state index is 9.47. The van der Waals surface area contributed by atoms with E-state index in [2.05, 4.69) is 4.99 Å². The molecule has 0 saturated heterocycles. The quantitative estimate of drug-likeness (QED) is 0.148. The summed E-state index contributed by atoms with van der Waals surface area (Å²) in [6.45, 7) is 0. The van der Waals surface area contributed by atoms with Crippen LogP contribution in [0.25, 0.3) is 66.1 Å². The monoisotopic (exact) mass is 654 g/mol. The summed E-state index contributed by atoms with van der Waals surface area (Å²) in [5.41, 5.74) is 2.04. The molecule has 0 spiro atoms. The Morgan fingerprint density at radius 3 is 2.24 bits per heavy atom. The average Bonchev–Trinajstić information content (AvgIpc) is 3.87. The number of para-hydroxylation sites is 2. The first-order chi connectivity index (χ1) is 29.3. The molecule has 9 aromatic rings. The molecule has 0 amide bonds. The molecule has 0 aliphatic rings. The zero-order chi connectivity index (χ0) is 43.0. The minimum absolute atomic E-state index is 0.0233. The zero-order valence-electron chi connectivity index (χ0n) is 37.0. The second-order valence-corrected chi connectivity index (χ2v) is 11.3. The SMILES string of the molecule is [2H]c1c([2H])c([2H])c(-c2c([2H])c([2H])c([2H])c3oc4c([2H])c([2H])c(C(=N)N=C(N=Cc5ccc(-c6ccccc6)cc5)c5cccc6c5oc5ccccc56)c([2H])c4c23)c([2H])c1[2H]. The lowest BCUT2D eigenvalue weighted by atomic mass is 9.99. The lowest BCUT2D eigenvalue weighted by Crippen LogP contribution is -2.05. The Kier molecular flexibility index (Phi) is 4.89. The van der Waals surface area contributed by atoms with Gasteiger partial charge in [0.2, 0.25) is 0 Å². The molecule has 7 aromatic carbocycles. The van der Waals surface area contributed by atoms with Crippen molar-refractivity contribution < 1.29 is 23.9 Å². The fourth-order valence-corrected chi connectivity index (χ4v) is 5.91. The fourth-order valence-electron chi connectivity index (χ4n) is 5.91. The predicted octanol–water partition coefficient (Wildman–Crippen LogP) is 11.7. The molecule has 2 aromatic heterocycles. The molecular formula is C45H29N3O2. The number of rotatable bonds is 5. The normalized spacial score (nSPS) is 15.2. The summed E-state index contributed by atoms with van der Waals surface area (Å²) in [6.07, 6.45) is 1.56. The molecule has 0 aliphatic heterocycles. The Balaban J connectivity index is 1.28. The van der Waals surface area contributed by atoms with E-state index in [9.17, 15) is 6.78 Å². The third kappa shape index (κ3) is 5.27. The van der Waals surface area contributed by atoms with Gasteiger partial charge in [0.25, 0.3) is 0 Å². The van der Waals surface area contributed by atoms with Crippen LogP contribution in [-0.4, -0.2) is 17.9 Å². The topological polar surface area (TPSA) is 74.8 Å². The van der Waals surface area contributed by atoms with E-state index in [-0.39, 0.29) is 22.2 Å². The van der Waals surface area contributed by atoms with Gasteiger partial charge in [0.1, 0.15) is 22.3 Å². The summed E-state index contributed by atoms with van der Waals surface area (Å²) < 4.78 is 108. The highest BCUT2D eigenvalue weighted by atomic mass is 16.3. The Hall–Kier alpha value is -6.85. The lowest BCUT2D eigenvalue weighted by molar-refractivity contribution is 0.668. The van der Waals surface area contributed by atoms with Crippen molar-refractivity contribution in [1.29, 1.82) is 5.41 Å². The van der Waals surface area contributed by atoms with Gasteiger partial charge in [0.15, 0.2) is 11.7 Å². The van der Waals surface area contributed by atoms with Gasteiger partial charge >= 0.3 is 0 Å². The van der Waals surface area contributed by atoms with Crippen LogP contribution >= 0.6 is 0 Å². The number of amidine groups is 2. The number of furan rings is 2. The van der Waals surface area contributed by atoms with Crippen LogP contribution in [0.4, 0.5) is 0 Å². The van der Waals surface area contributed by atoms with Crippen LogP contribution in [-0.2, 0) is 0 Å². The van der Waals surface area contributed by atoms with E-state index in [0.29, 0.717) is 22.3 Å². The molecule has 2 heterocycles. The first-order valence-corrected chi connectivity index (χ1v) is 15.6. The second kappa shape index (κ2) is 12.3. The Morgan fingerprint density at radius 1 is 0.600 bits per heavy atom. The summed E-state index contributed by atoms with van der Waals surface area (Å²) in [5.74, 6) is -0.678. The standard InChI is InChI=1S/C45H29N3O2/c46-44(33-25-26-40-38(27-33)42-34(16-10-20-41(42)49-40)32-13-5-2-6-14-32)48-45(37-18-9-17-36-35-15-7-8-19-39(35)50-43(36)37)47-28-29-21-23-31(24-22-29)30-11-3-1-4-12-30/h1-28,46H/i2D,5D,6D,10D,13D,14D,16D,20D,25D,26D,27D. The van der Waals surface area contributed by atoms with Gasteiger partial charge in [-0.25, -0.2) is 9.98 Å². The third-order valence-electron chi connectivity index (χ3n) is 8.28. The highest BCUT2D eigenvalue weighted by molar-refractivity contribution is 6.21. The van der Waals surface area contributed by atoms with Crippen molar-refractivity contribution in [1.82, 2.24) is 0 Å². The van der Waals surface area contributed by atoms with Crippen molar-refractivity contribution in [3.8, 4) is 22.3 Å². The van der Waals surface area contributed by atoms with Gasteiger partial charge < -0.3 is 8.83 Å². The van der Waals surface area contributed by atoms with Gasteiger partial charge in [0.05, 0.1) is 20.6 Å². The highest BCUT2D eigenvalue weighted by Crippen LogP contribution is 2.37. The summed E-state index contributed by atoms with van der Waals surface area (Å²) >= 11 is 0. The molecule has 0 radical (unpaired) electrons. The largest absolute Gasteiger partial charge is 0.456 e. The van der Waals surface area contributed by atoms with E-state index in [0.717, 1.165) is 21.9 Å². The third-order valence-corrected chi connectivity index (χ3v) is 8.28. The van der Waals surface area contributed by atoms with Gasteiger partial charge in [-0.2, -0.15) is 0 Å². The van der Waals surface area contributed by atoms with Crippen molar-refractivity contribution in [2.24, 2.45) is 9.98 Å². The first kappa shape index (κ1) is 19.8. The van der Waals surface area contributed by atoms with Crippen LogP contribution in [0.15, 0.2) is 182 Å². The lowest BCUT2D eigenvalue weighted by Gasteiger charge is -2.06. The van der Waals surface area contributed by atoms with E-state index in [1.165, 1.54) is 0 Å². The van der Waals surface area contributed by atoms with Gasteiger partial charge in [-0.15, -0.1) is 0 Å². The maximum absolute atomic E-state index is 9.47. The smallest absolute Gasteiger partial charge is 0.165 e. The summed E-state index contributed by atoms with van der Waals surface area (Å²) in [7, 11) is 0. The maximum Gasteiger partial charge on any atom is 0.165 e. The van der Waals surface area contributed by atoms with E-state index in [1.807, 2.05) is 84.9 Å². The number of hydrogen-bond donors (Lipinski definition) is 1. The average molecular weight is 655 g/mol. The van der Waals surface area contributed by atoms with Crippen LogP contribution in [0.3, 0.4) is 0 Å². The number of nitrogens with zero attached hydrogens (tertiary/aromatic N) is 2. The van der Waals surface area contributed by atoms with E-state index in [4.69, 9.17) is 27.5 Å². The molecule has 5 heteroatoms. The van der Waals surface area contributed by atoms with Crippen molar-refractivity contribution in [2.75, 3.05) is 0 Å². The van der Waals surface area contributed by atoms with Crippen LogP contribution in [0.5, 0.6) is 0 Å². The van der Waals surface area contributed by atoms with Gasteiger partial charge in [-0.05, 0) is 64.1 Å². The molecule has 50 heavy (non-hydrogen) atoms. The molecule has 0 saturated carbocycles. The van der Waals surface area contributed by atoms with Gasteiger partial charge in [-0.1, -0.05) is 127 Å². The molecule has 236 valence electrons.